The molecule has 1 heterocycles. The van der Waals surface area contributed by atoms with E-state index in [9.17, 15) is 8.42 Å². The van der Waals surface area contributed by atoms with Crippen LogP contribution in [0, 0.1) is 5.92 Å². The summed E-state index contributed by atoms with van der Waals surface area (Å²) in [5, 5.41) is 3.84. The molecule has 21 heavy (non-hydrogen) atoms. The predicted octanol–water partition coefficient (Wildman–Crippen LogP) is 3.11. The number of rotatable bonds is 5. The maximum Gasteiger partial charge on any atom is 0.243 e. The molecule has 1 N–H and O–H groups in total. The number of benzene rings is 1. The molecule has 0 unspecified atom stereocenters. The minimum atomic E-state index is -3.42. The summed E-state index contributed by atoms with van der Waals surface area (Å²) in [7, 11) is -3.42. The first-order chi connectivity index (χ1) is 9.95. The summed E-state index contributed by atoms with van der Waals surface area (Å²) in [5.41, 5.74) is 0. The van der Waals surface area contributed by atoms with Crippen LogP contribution in [0.1, 0.15) is 19.8 Å². The van der Waals surface area contributed by atoms with Gasteiger partial charge in [-0.2, -0.15) is 4.31 Å². The fourth-order valence-corrected chi connectivity index (χ4v) is 4.63. The van der Waals surface area contributed by atoms with Crippen molar-refractivity contribution in [3.05, 3.63) is 27.7 Å². The summed E-state index contributed by atoms with van der Waals surface area (Å²) in [4.78, 5) is 0.295. The summed E-state index contributed by atoms with van der Waals surface area (Å²) in [6, 6.07) is 4.74. The third kappa shape index (κ3) is 4.20. The molecule has 0 aromatic heterocycles. The van der Waals surface area contributed by atoms with E-state index in [4.69, 9.17) is 11.6 Å². The highest BCUT2D eigenvalue weighted by Crippen LogP contribution is 2.28. The molecule has 0 aliphatic carbocycles. The highest BCUT2D eigenvalue weighted by molar-refractivity contribution is 9.10. The fraction of sp³-hybridized carbons (Fsp3) is 0.571. The van der Waals surface area contributed by atoms with Gasteiger partial charge in [-0.15, -0.1) is 0 Å². The standard InChI is InChI=1S/C14H20BrClN2O2S/c1-2-17-10-11-5-7-18(8-6-11)21(19,20)12-3-4-14(16)13(15)9-12/h3-4,9,11,17H,2,5-8,10H2,1H3. The Bertz CT molecular complexity index is 587. The highest BCUT2D eigenvalue weighted by atomic mass is 79.9. The van der Waals surface area contributed by atoms with Crippen LogP contribution in [0.2, 0.25) is 5.02 Å². The third-order valence-corrected chi connectivity index (χ3v) is 6.89. The molecular weight excluding hydrogens is 376 g/mol. The summed E-state index contributed by atoms with van der Waals surface area (Å²) in [6.45, 7) is 5.17. The van der Waals surface area contributed by atoms with Crippen molar-refractivity contribution >= 4 is 37.6 Å². The normalized spacial score (nSPS) is 18.0. The van der Waals surface area contributed by atoms with Gasteiger partial charge in [0.25, 0.3) is 0 Å². The molecular formula is C14H20BrClN2O2S. The van der Waals surface area contributed by atoms with E-state index >= 15 is 0 Å². The number of sulfonamides is 1. The van der Waals surface area contributed by atoms with E-state index in [1.807, 2.05) is 0 Å². The van der Waals surface area contributed by atoms with Crippen LogP contribution in [-0.4, -0.2) is 38.9 Å². The Hall–Kier alpha value is -0.140. The SMILES string of the molecule is CCNCC1CCN(S(=O)(=O)c2ccc(Cl)c(Br)c2)CC1. The van der Waals surface area contributed by atoms with Gasteiger partial charge in [-0.3, -0.25) is 0 Å². The van der Waals surface area contributed by atoms with E-state index in [-0.39, 0.29) is 0 Å². The Morgan fingerprint density at radius 1 is 1.38 bits per heavy atom. The molecule has 4 nitrogen and oxygen atoms in total. The van der Waals surface area contributed by atoms with Gasteiger partial charge in [0.1, 0.15) is 0 Å². The predicted molar refractivity (Wildman–Crippen MR) is 89.2 cm³/mol. The lowest BCUT2D eigenvalue weighted by Crippen LogP contribution is -2.40. The Balaban J connectivity index is 2.06. The fourth-order valence-electron chi connectivity index (χ4n) is 2.49. The number of halogens is 2. The van der Waals surface area contributed by atoms with Crippen LogP contribution in [0.25, 0.3) is 0 Å². The highest BCUT2D eigenvalue weighted by Gasteiger charge is 2.29. The zero-order valence-electron chi connectivity index (χ0n) is 12.0. The summed E-state index contributed by atoms with van der Waals surface area (Å²) in [5.74, 6) is 0.563. The number of nitrogens with one attached hydrogen (secondary N) is 1. The minimum Gasteiger partial charge on any atom is -0.317 e. The molecule has 1 fully saturated rings. The van der Waals surface area contributed by atoms with Gasteiger partial charge in [0.05, 0.1) is 9.92 Å². The third-order valence-electron chi connectivity index (χ3n) is 3.79. The molecule has 0 radical (unpaired) electrons. The molecule has 0 saturated carbocycles. The lowest BCUT2D eigenvalue weighted by atomic mass is 9.98. The average Bonchev–Trinajstić information content (AvgIpc) is 2.48. The second kappa shape index (κ2) is 7.42. The van der Waals surface area contributed by atoms with Crippen molar-refractivity contribution in [3.8, 4) is 0 Å². The van der Waals surface area contributed by atoms with Crippen LogP contribution >= 0.6 is 27.5 Å². The van der Waals surface area contributed by atoms with Gasteiger partial charge in [0.2, 0.25) is 10.0 Å². The quantitative estimate of drug-likeness (QED) is 0.833. The first kappa shape index (κ1) is 17.2. The van der Waals surface area contributed by atoms with Gasteiger partial charge in [0, 0.05) is 17.6 Å². The van der Waals surface area contributed by atoms with E-state index in [2.05, 4.69) is 28.2 Å². The molecule has 2 rings (SSSR count). The van der Waals surface area contributed by atoms with Crippen LogP contribution in [0.15, 0.2) is 27.6 Å². The van der Waals surface area contributed by atoms with E-state index in [0.717, 1.165) is 25.9 Å². The molecule has 1 saturated heterocycles. The lowest BCUT2D eigenvalue weighted by Gasteiger charge is -2.31. The van der Waals surface area contributed by atoms with Crippen molar-refractivity contribution in [1.29, 1.82) is 0 Å². The van der Waals surface area contributed by atoms with Gasteiger partial charge in [-0.05, 0) is 66.0 Å². The topological polar surface area (TPSA) is 49.4 Å². The molecule has 1 aliphatic rings. The molecule has 118 valence electrons. The lowest BCUT2D eigenvalue weighted by molar-refractivity contribution is 0.268. The smallest absolute Gasteiger partial charge is 0.243 e. The molecule has 0 atom stereocenters. The average molecular weight is 396 g/mol. The van der Waals surface area contributed by atoms with Gasteiger partial charge in [-0.1, -0.05) is 18.5 Å². The zero-order chi connectivity index (χ0) is 15.5. The van der Waals surface area contributed by atoms with Gasteiger partial charge in [-0.25, -0.2) is 8.42 Å². The first-order valence-electron chi connectivity index (χ1n) is 7.11. The molecule has 1 aliphatic heterocycles. The zero-order valence-corrected chi connectivity index (χ0v) is 15.1. The monoisotopic (exact) mass is 394 g/mol. The van der Waals surface area contributed by atoms with E-state index in [0.29, 0.717) is 33.4 Å². The molecule has 7 heteroatoms. The Morgan fingerprint density at radius 3 is 2.62 bits per heavy atom. The van der Waals surface area contributed by atoms with Crippen LogP contribution in [0.3, 0.4) is 0 Å². The van der Waals surface area contributed by atoms with Crippen LogP contribution in [0.5, 0.6) is 0 Å². The van der Waals surface area contributed by atoms with E-state index in [1.54, 1.807) is 22.5 Å². The largest absolute Gasteiger partial charge is 0.317 e. The molecule has 1 aromatic rings. The van der Waals surface area contributed by atoms with Gasteiger partial charge < -0.3 is 5.32 Å². The van der Waals surface area contributed by atoms with Crippen molar-refractivity contribution < 1.29 is 8.42 Å². The number of hydrogen-bond acceptors (Lipinski definition) is 3. The number of piperidine rings is 1. The second-order valence-electron chi connectivity index (χ2n) is 5.23. The summed E-state index contributed by atoms with van der Waals surface area (Å²) >= 11 is 9.20. The first-order valence-corrected chi connectivity index (χ1v) is 9.72. The maximum absolute atomic E-state index is 12.6. The molecule has 0 amide bonds. The van der Waals surface area contributed by atoms with Gasteiger partial charge >= 0.3 is 0 Å². The molecule has 0 spiro atoms. The Kier molecular flexibility index (Phi) is 6.08. The van der Waals surface area contributed by atoms with Crippen LogP contribution < -0.4 is 5.32 Å². The van der Waals surface area contributed by atoms with Crippen molar-refractivity contribution in [1.82, 2.24) is 9.62 Å². The second-order valence-corrected chi connectivity index (χ2v) is 8.43. The summed E-state index contributed by atoms with van der Waals surface area (Å²) in [6.07, 6.45) is 1.81. The number of nitrogens with zero attached hydrogens (tertiary/aromatic N) is 1. The Morgan fingerprint density at radius 2 is 2.05 bits per heavy atom. The maximum atomic E-state index is 12.6. The Labute approximate surface area is 140 Å². The van der Waals surface area contributed by atoms with Crippen molar-refractivity contribution in [3.63, 3.8) is 0 Å². The van der Waals surface area contributed by atoms with Crippen molar-refractivity contribution in [2.75, 3.05) is 26.2 Å². The molecule has 0 bridgehead atoms. The van der Waals surface area contributed by atoms with E-state index < -0.39 is 10.0 Å². The molecule has 1 aromatic carbocycles. The summed E-state index contributed by atoms with van der Waals surface area (Å²) < 4.78 is 27.4. The van der Waals surface area contributed by atoms with Crippen LogP contribution in [-0.2, 0) is 10.0 Å². The van der Waals surface area contributed by atoms with Crippen molar-refractivity contribution in [2.24, 2.45) is 5.92 Å². The van der Waals surface area contributed by atoms with Crippen molar-refractivity contribution in [2.45, 2.75) is 24.7 Å². The van der Waals surface area contributed by atoms with E-state index in [1.165, 1.54) is 0 Å². The van der Waals surface area contributed by atoms with Crippen LogP contribution in [0.4, 0.5) is 0 Å². The minimum absolute atomic E-state index is 0.295. The number of hydrogen-bond donors (Lipinski definition) is 1. The van der Waals surface area contributed by atoms with Gasteiger partial charge in [0.15, 0.2) is 0 Å².